The lowest BCUT2D eigenvalue weighted by Gasteiger charge is -2.02. The predicted octanol–water partition coefficient (Wildman–Crippen LogP) is 2.70. The second kappa shape index (κ2) is 4.29. The van der Waals surface area contributed by atoms with Crippen molar-refractivity contribution in [3.05, 3.63) is 50.9 Å². The number of aromatic amines is 1. The summed E-state index contributed by atoms with van der Waals surface area (Å²) in [5.74, 6) is -0.231. The van der Waals surface area contributed by atoms with Crippen molar-refractivity contribution in [2.24, 2.45) is 0 Å². The Morgan fingerprint density at radius 3 is 2.74 bits per heavy atom. The first kappa shape index (κ1) is 12.1. The van der Waals surface area contributed by atoms with E-state index in [0.717, 1.165) is 11.6 Å². The second-order valence-electron chi connectivity index (χ2n) is 3.94. The highest BCUT2D eigenvalue weighted by Gasteiger charge is 2.11. The van der Waals surface area contributed by atoms with Crippen LogP contribution in [0.15, 0.2) is 35.3 Å². The molecule has 0 unspecified atom stereocenters. The van der Waals surface area contributed by atoms with Crippen LogP contribution >= 0.6 is 23.2 Å². The largest absolute Gasteiger partial charge is 0.493 e. The molecule has 0 aliphatic heterocycles. The van der Waals surface area contributed by atoms with E-state index in [9.17, 15) is 9.90 Å². The normalized spacial score (nSPS) is 11.1. The fourth-order valence-corrected chi connectivity index (χ4v) is 2.15. The highest BCUT2D eigenvalue weighted by atomic mass is 35.5. The Hall–Kier alpha value is -1.98. The summed E-state index contributed by atoms with van der Waals surface area (Å²) in [6.45, 7) is 0. The van der Waals surface area contributed by atoms with Gasteiger partial charge in [0.2, 0.25) is 5.88 Å². The molecule has 2 aromatic heterocycles. The number of fused-ring (bicyclic) bond motifs is 1. The van der Waals surface area contributed by atoms with Crippen molar-refractivity contribution < 1.29 is 5.11 Å². The quantitative estimate of drug-likeness (QED) is 0.725. The third kappa shape index (κ3) is 1.97. The van der Waals surface area contributed by atoms with Crippen molar-refractivity contribution in [1.29, 1.82) is 0 Å². The van der Waals surface area contributed by atoms with Gasteiger partial charge < -0.3 is 10.1 Å². The summed E-state index contributed by atoms with van der Waals surface area (Å²) in [6.07, 6.45) is 1.53. The van der Waals surface area contributed by atoms with E-state index in [2.05, 4.69) is 10.1 Å². The summed E-state index contributed by atoms with van der Waals surface area (Å²) in [5.41, 5.74) is 1.37. The highest BCUT2D eigenvalue weighted by Crippen LogP contribution is 2.30. The number of hydrogen-bond acceptors (Lipinski definition) is 3. The van der Waals surface area contributed by atoms with Crippen LogP contribution in [0.2, 0.25) is 10.0 Å². The molecule has 96 valence electrons. The minimum atomic E-state index is -0.410. The highest BCUT2D eigenvalue weighted by molar-refractivity contribution is 6.42. The first-order valence-corrected chi connectivity index (χ1v) is 6.07. The van der Waals surface area contributed by atoms with Gasteiger partial charge in [-0.15, -0.1) is 0 Å². The molecule has 3 aromatic rings. The minimum absolute atomic E-state index is 0.231. The molecule has 1 aromatic carbocycles. The van der Waals surface area contributed by atoms with Crippen LogP contribution in [0.5, 0.6) is 5.88 Å². The van der Waals surface area contributed by atoms with Crippen LogP contribution in [-0.4, -0.2) is 19.7 Å². The SMILES string of the molecule is O=c1cc(O)n2ncc(-c3ccc(Cl)c(Cl)c3)c2[nH]1. The maximum Gasteiger partial charge on any atom is 0.254 e. The number of rotatable bonds is 1. The van der Waals surface area contributed by atoms with Crippen LogP contribution in [0.3, 0.4) is 0 Å². The van der Waals surface area contributed by atoms with Gasteiger partial charge in [-0.25, -0.2) is 0 Å². The van der Waals surface area contributed by atoms with Gasteiger partial charge in [0.25, 0.3) is 5.56 Å². The van der Waals surface area contributed by atoms with Gasteiger partial charge in [0.05, 0.1) is 22.3 Å². The van der Waals surface area contributed by atoms with E-state index in [0.29, 0.717) is 21.3 Å². The Balaban J connectivity index is 2.31. The molecule has 5 nitrogen and oxygen atoms in total. The summed E-state index contributed by atoms with van der Waals surface area (Å²) >= 11 is 11.8. The molecule has 0 aliphatic carbocycles. The molecule has 2 heterocycles. The zero-order valence-electron chi connectivity index (χ0n) is 9.39. The van der Waals surface area contributed by atoms with E-state index < -0.39 is 5.56 Å². The molecule has 0 saturated heterocycles. The van der Waals surface area contributed by atoms with Crippen LogP contribution < -0.4 is 5.56 Å². The Morgan fingerprint density at radius 2 is 2.00 bits per heavy atom. The molecule has 0 amide bonds. The van der Waals surface area contributed by atoms with E-state index >= 15 is 0 Å². The molecule has 2 N–H and O–H groups in total. The Morgan fingerprint density at radius 1 is 1.21 bits per heavy atom. The molecule has 3 rings (SSSR count). The lowest BCUT2D eigenvalue weighted by Crippen LogP contribution is -2.07. The lowest BCUT2D eigenvalue weighted by molar-refractivity contribution is 0.434. The summed E-state index contributed by atoms with van der Waals surface area (Å²) in [7, 11) is 0. The van der Waals surface area contributed by atoms with Gasteiger partial charge in [-0.2, -0.15) is 9.61 Å². The summed E-state index contributed by atoms with van der Waals surface area (Å²) in [5, 5.41) is 14.5. The van der Waals surface area contributed by atoms with Crippen LogP contribution in [-0.2, 0) is 0 Å². The number of halogens is 2. The van der Waals surface area contributed by atoms with Crippen molar-refractivity contribution in [3.63, 3.8) is 0 Å². The Bertz CT molecular complexity index is 839. The standard InChI is InChI=1S/C12H7Cl2N3O2/c13-8-2-1-6(3-9(8)14)7-5-15-17-11(19)4-10(18)16-12(7)17/h1-5,19H,(H,16,18). The van der Waals surface area contributed by atoms with Gasteiger partial charge in [0, 0.05) is 5.56 Å². The van der Waals surface area contributed by atoms with Crippen LogP contribution in [0.4, 0.5) is 0 Å². The lowest BCUT2D eigenvalue weighted by atomic mass is 10.1. The van der Waals surface area contributed by atoms with Gasteiger partial charge in [-0.3, -0.25) is 4.79 Å². The van der Waals surface area contributed by atoms with Crippen molar-refractivity contribution in [1.82, 2.24) is 14.6 Å². The molecule has 0 fully saturated rings. The zero-order valence-corrected chi connectivity index (χ0v) is 10.9. The Kier molecular flexibility index (Phi) is 2.73. The van der Waals surface area contributed by atoms with E-state index in [-0.39, 0.29) is 5.88 Å². The van der Waals surface area contributed by atoms with E-state index in [4.69, 9.17) is 23.2 Å². The maximum absolute atomic E-state index is 11.4. The minimum Gasteiger partial charge on any atom is -0.493 e. The van der Waals surface area contributed by atoms with Gasteiger partial charge in [-0.05, 0) is 17.7 Å². The summed E-state index contributed by atoms with van der Waals surface area (Å²) in [4.78, 5) is 14.0. The van der Waals surface area contributed by atoms with Crippen molar-refractivity contribution in [3.8, 4) is 17.0 Å². The monoisotopic (exact) mass is 295 g/mol. The van der Waals surface area contributed by atoms with Crippen LogP contribution in [0.25, 0.3) is 16.8 Å². The molecule has 0 atom stereocenters. The maximum atomic E-state index is 11.4. The molecular weight excluding hydrogens is 289 g/mol. The number of hydrogen-bond donors (Lipinski definition) is 2. The number of aromatic nitrogens is 3. The van der Waals surface area contributed by atoms with Gasteiger partial charge in [0.1, 0.15) is 5.65 Å². The smallest absolute Gasteiger partial charge is 0.254 e. The van der Waals surface area contributed by atoms with Crippen molar-refractivity contribution in [2.45, 2.75) is 0 Å². The number of benzene rings is 1. The molecule has 19 heavy (non-hydrogen) atoms. The molecule has 0 aliphatic rings. The number of H-pyrrole nitrogens is 1. The van der Waals surface area contributed by atoms with Gasteiger partial charge in [-0.1, -0.05) is 29.3 Å². The summed E-state index contributed by atoms with van der Waals surface area (Å²) in [6, 6.07) is 6.14. The average molecular weight is 296 g/mol. The molecule has 0 saturated carbocycles. The van der Waals surface area contributed by atoms with Crippen molar-refractivity contribution in [2.75, 3.05) is 0 Å². The van der Waals surface area contributed by atoms with Crippen LogP contribution in [0.1, 0.15) is 0 Å². The third-order valence-corrected chi connectivity index (χ3v) is 3.46. The number of aromatic hydroxyl groups is 1. The number of nitrogens with zero attached hydrogens (tertiary/aromatic N) is 2. The third-order valence-electron chi connectivity index (χ3n) is 2.72. The molecule has 7 heteroatoms. The fraction of sp³-hybridized carbons (Fsp3) is 0. The molecule has 0 radical (unpaired) electrons. The fourth-order valence-electron chi connectivity index (χ4n) is 1.85. The molecule has 0 spiro atoms. The van der Waals surface area contributed by atoms with Gasteiger partial charge in [0.15, 0.2) is 0 Å². The van der Waals surface area contributed by atoms with E-state index in [1.54, 1.807) is 18.2 Å². The number of nitrogens with one attached hydrogen (secondary N) is 1. The second-order valence-corrected chi connectivity index (χ2v) is 4.75. The van der Waals surface area contributed by atoms with E-state index in [1.807, 2.05) is 0 Å². The topological polar surface area (TPSA) is 70.4 Å². The first-order valence-electron chi connectivity index (χ1n) is 5.32. The zero-order chi connectivity index (χ0) is 13.6. The van der Waals surface area contributed by atoms with Crippen LogP contribution in [0, 0.1) is 0 Å². The average Bonchev–Trinajstić information content (AvgIpc) is 2.76. The van der Waals surface area contributed by atoms with Crippen molar-refractivity contribution >= 4 is 28.8 Å². The van der Waals surface area contributed by atoms with E-state index in [1.165, 1.54) is 10.7 Å². The molecule has 0 bridgehead atoms. The van der Waals surface area contributed by atoms with Gasteiger partial charge >= 0.3 is 0 Å². The Labute approximate surface area is 117 Å². The first-order chi connectivity index (χ1) is 9.06. The summed E-state index contributed by atoms with van der Waals surface area (Å²) < 4.78 is 1.24. The molecular formula is C12H7Cl2N3O2. The predicted molar refractivity (Wildman–Crippen MR) is 72.9 cm³/mol.